The molecular formula is C17H24N4. The van der Waals surface area contributed by atoms with E-state index in [4.69, 9.17) is 0 Å². The number of nitrogens with zero attached hydrogens (tertiary/aromatic N) is 4. The summed E-state index contributed by atoms with van der Waals surface area (Å²) >= 11 is 0. The van der Waals surface area contributed by atoms with Gasteiger partial charge in [0.05, 0.1) is 6.04 Å². The number of fused-ring (bicyclic) bond motifs is 4. The molecule has 112 valence electrons. The van der Waals surface area contributed by atoms with Crippen LogP contribution in [-0.2, 0) is 0 Å². The van der Waals surface area contributed by atoms with Crippen LogP contribution in [-0.4, -0.2) is 20.0 Å². The lowest BCUT2D eigenvalue weighted by atomic mass is 9.49. The molecule has 3 fully saturated rings. The second-order valence-corrected chi connectivity index (χ2v) is 7.98. The molecule has 4 nitrogen and oxygen atoms in total. The lowest BCUT2D eigenvalue weighted by Gasteiger charge is -2.58. The van der Waals surface area contributed by atoms with Crippen LogP contribution in [0.25, 0.3) is 11.2 Å². The monoisotopic (exact) mass is 284 g/mol. The molecule has 0 radical (unpaired) electrons. The minimum Gasteiger partial charge on any atom is -0.235 e. The Bertz CT molecular complexity index is 659. The molecule has 1 unspecified atom stereocenters. The second kappa shape index (κ2) is 4.28. The van der Waals surface area contributed by atoms with Gasteiger partial charge < -0.3 is 0 Å². The predicted octanol–water partition coefficient (Wildman–Crippen LogP) is 3.99. The molecule has 0 saturated heterocycles. The Labute approximate surface area is 125 Å². The maximum absolute atomic E-state index is 4.55. The molecule has 21 heavy (non-hydrogen) atoms. The van der Waals surface area contributed by atoms with E-state index in [9.17, 15) is 0 Å². The molecule has 2 aromatic rings. The van der Waals surface area contributed by atoms with Crippen molar-refractivity contribution in [3.05, 3.63) is 18.3 Å². The summed E-state index contributed by atoms with van der Waals surface area (Å²) in [5.74, 6) is 0.863. The van der Waals surface area contributed by atoms with Crippen molar-refractivity contribution >= 4 is 11.2 Å². The van der Waals surface area contributed by atoms with Gasteiger partial charge >= 0.3 is 0 Å². The largest absolute Gasteiger partial charge is 0.235 e. The number of aromatic nitrogens is 4. The first-order valence-electron chi connectivity index (χ1n) is 8.17. The maximum Gasteiger partial charge on any atom is 0.178 e. The zero-order valence-corrected chi connectivity index (χ0v) is 13.2. The summed E-state index contributed by atoms with van der Waals surface area (Å²) in [4.78, 5) is 4.55. The minimum absolute atomic E-state index is 0.288. The first-order chi connectivity index (χ1) is 10.0. The van der Waals surface area contributed by atoms with Gasteiger partial charge in [0.2, 0.25) is 0 Å². The van der Waals surface area contributed by atoms with Gasteiger partial charge in [0.25, 0.3) is 0 Å². The quantitative estimate of drug-likeness (QED) is 0.795. The van der Waals surface area contributed by atoms with Crippen LogP contribution < -0.4 is 0 Å². The molecule has 5 rings (SSSR count). The summed E-state index contributed by atoms with van der Waals surface area (Å²) in [6, 6.07) is 4.40. The van der Waals surface area contributed by atoms with Gasteiger partial charge in [0, 0.05) is 6.20 Å². The Balaban J connectivity index is 1.86. The predicted molar refractivity (Wildman–Crippen MR) is 82.8 cm³/mol. The topological polar surface area (TPSA) is 43.6 Å². The Kier molecular flexibility index (Phi) is 2.69. The Morgan fingerprint density at radius 1 is 1.24 bits per heavy atom. The molecule has 2 aromatic heterocycles. The summed E-state index contributed by atoms with van der Waals surface area (Å²) in [5.41, 5.74) is 2.50. The normalized spacial score (nSPS) is 32.7. The lowest BCUT2D eigenvalue weighted by molar-refractivity contribution is -0.0830. The number of rotatable bonds is 1. The highest BCUT2D eigenvalue weighted by molar-refractivity contribution is 5.69. The first kappa shape index (κ1) is 13.2. The van der Waals surface area contributed by atoms with Crippen LogP contribution in [0.1, 0.15) is 58.9 Å². The molecule has 0 N–H and O–H groups in total. The van der Waals surface area contributed by atoms with Crippen molar-refractivity contribution in [3.8, 4) is 0 Å². The van der Waals surface area contributed by atoms with E-state index in [1.807, 2.05) is 18.3 Å². The van der Waals surface area contributed by atoms with Gasteiger partial charge in [0.15, 0.2) is 5.65 Å². The van der Waals surface area contributed by atoms with E-state index in [1.54, 1.807) is 0 Å². The van der Waals surface area contributed by atoms with Crippen LogP contribution in [0.3, 0.4) is 0 Å². The molecule has 0 aliphatic heterocycles. The van der Waals surface area contributed by atoms with Gasteiger partial charge in [-0.2, -0.15) is 0 Å². The van der Waals surface area contributed by atoms with E-state index in [1.165, 1.54) is 32.1 Å². The van der Waals surface area contributed by atoms with E-state index in [2.05, 4.69) is 40.7 Å². The third kappa shape index (κ3) is 1.77. The fourth-order valence-electron chi connectivity index (χ4n) is 4.88. The molecule has 2 heterocycles. The molecule has 0 spiro atoms. The third-order valence-electron chi connectivity index (χ3n) is 6.21. The van der Waals surface area contributed by atoms with Crippen LogP contribution in [0.15, 0.2) is 18.3 Å². The average Bonchev–Trinajstić information content (AvgIpc) is 2.91. The zero-order chi connectivity index (χ0) is 14.7. The van der Waals surface area contributed by atoms with E-state index < -0.39 is 0 Å². The molecular weight excluding hydrogens is 260 g/mol. The highest BCUT2D eigenvalue weighted by Gasteiger charge is 2.55. The highest BCUT2D eigenvalue weighted by Crippen LogP contribution is 2.63. The molecule has 3 aliphatic carbocycles. The Hall–Kier alpha value is -1.45. The van der Waals surface area contributed by atoms with E-state index >= 15 is 0 Å². The van der Waals surface area contributed by atoms with Crippen molar-refractivity contribution in [1.82, 2.24) is 20.0 Å². The van der Waals surface area contributed by atoms with E-state index in [0.717, 1.165) is 17.1 Å². The summed E-state index contributed by atoms with van der Waals surface area (Å²) < 4.78 is 2.14. The summed E-state index contributed by atoms with van der Waals surface area (Å²) in [6.07, 6.45) is 8.50. The molecule has 3 aliphatic rings. The van der Waals surface area contributed by atoms with Crippen LogP contribution in [0.2, 0.25) is 0 Å². The molecule has 0 aromatic carbocycles. The van der Waals surface area contributed by atoms with Gasteiger partial charge in [-0.25, -0.2) is 9.67 Å². The number of hydrogen-bond acceptors (Lipinski definition) is 3. The lowest BCUT2D eigenvalue weighted by Crippen LogP contribution is -2.51. The molecule has 0 amide bonds. The standard InChI is InChI=1S/C17H24N4/c1-16(2,3)17-8-6-12(7-9-17)11-14(17)21-15-13(19-20-21)5-4-10-18-15/h4-5,10,12,14H,6-9,11H2,1-3H3. The first-order valence-corrected chi connectivity index (χ1v) is 8.17. The van der Waals surface area contributed by atoms with E-state index in [-0.39, 0.29) is 5.41 Å². The van der Waals surface area contributed by atoms with Crippen molar-refractivity contribution < 1.29 is 0 Å². The van der Waals surface area contributed by atoms with Gasteiger partial charge in [-0.15, -0.1) is 5.10 Å². The van der Waals surface area contributed by atoms with Gasteiger partial charge in [-0.3, -0.25) is 0 Å². The fourth-order valence-corrected chi connectivity index (χ4v) is 4.88. The van der Waals surface area contributed by atoms with Gasteiger partial charge in [-0.05, 0) is 61.0 Å². The average molecular weight is 284 g/mol. The number of hydrogen-bond donors (Lipinski definition) is 0. The Morgan fingerprint density at radius 2 is 2.00 bits per heavy atom. The fraction of sp³-hybridized carbons (Fsp3) is 0.706. The van der Waals surface area contributed by atoms with Crippen molar-refractivity contribution in [2.75, 3.05) is 0 Å². The van der Waals surface area contributed by atoms with Crippen molar-refractivity contribution in [2.24, 2.45) is 16.7 Å². The van der Waals surface area contributed by atoms with Crippen LogP contribution in [0.4, 0.5) is 0 Å². The SMILES string of the molecule is CC(C)(C)C12CCC(CC1)CC2n1nnc2cccnc21. The van der Waals surface area contributed by atoms with E-state index in [0.29, 0.717) is 11.5 Å². The van der Waals surface area contributed by atoms with Crippen molar-refractivity contribution in [1.29, 1.82) is 0 Å². The summed E-state index contributed by atoms with van der Waals surface area (Å²) in [7, 11) is 0. The molecule has 4 heteroatoms. The molecule has 1 atom stereocenters. The van der Waals surface area contributed by atoms with Crippen LogP contribution in [0, 0.1) is 16.7 Å². The minimum atomic E-state index is 0.288. The van der Waals surface area contributed by atoms with Gasteiger partial charge in [-0.1, -0.05) is 26.0 Å². The van der Waals surface area contributed by atoms with Crippen LogP contribution >= 0.6 is 0 Å². The van der Waals surface area contributed by atoms with Gasteiger partial charge in [0.1, 0.15) is 5.52 Å². The highest BCUT2D eigenvalue weighted by atomic mass is 15.5. The van der Waals surface area contributed by atoms with Crippen LogP contribution in [0.5, 0.6) is 0 Å². The summed E-state index contributed by atoms with van der Waals surface area (Å²) in [5, 5.41) is 8.84. The maximum atomic E-state index is 4.55. The smallest absolute Gasteiger partial charge is 0.178 e. The second-order valence-electron chi connectivity index (χ2n) is 7.98. The molecule has 3 saturated carbocycles. The Morgan fingerprint density at radius 3 is 2.71 bits per heavy atom. The number of pyridine rings is 1. The molecule has 2 bridgehead atoms. The third-order valence-corrected chi connectivity index (χ3v) is 6.21. The summed E-state index contributed by atoms with van der Waals surface area (Å²) in [6.45, 7) is 7.20. The van der Waals surface area contributed by atoms with Crippen molar-refractivity contribution in [3.63, 3.8) is 0 Å². The zero-order valence-electron chi connectivity index (χ0n) is 13.2. The van der Waals surface area contributed by atoms with Crippen molar-refractivity contribution in [2.45, 2.75) is 58.9 Å².